The van der Waals surface area contributed by atoms with E-state index in [1.54, 1.807) is 7.11 Å². The second kappa shape index (κ2) is 8.66. The summed E-state index contributed by atoms with van der Waals surface area (Å²) < 4.78 is 10.3. The van der Waals surface area contributed by atoms with E-state index in [1.165, 1.54) is 19.3 Å². The standard InChI is InChI=1S/C23H30N2O5/c1-29-19-5-3-2-4-18(19)6-7-21(27)30-14-20(26)24-22(28)25-23-11-15-8-16(12-23)10-17(9-15)13-23/h2-5,15-17H,6-14H2,1H3,(H2,24,25,26,28). The highest BCUT2D eigenvalue weighted by atomic mass is 16.5. The molecule has 0 heterocycles. The lowest BCUT2D eigenvalue weighted by molar-refractivity contribution is -0.148. The summed E-state index contributed by atoms with van der Waals surface area (Å²) in [6, 6.07) is 6.97. The maximum atomic E-state index is 12.4. The summed E-state index contributed by atoms with van der Waals surface area (Å²) in [6.45, 7) is -0.459. The number of hydrogen-bond acceptors (Lipinski definition) is 5. The second-order valence-corrected chi connectivity index (χ2v) is 9.17. The first kappa shape index (κ1) is 20.7. The SMILES string of the molecule is COc1ccccc1CCC(=O)OCC(=O)NC(=O)NC12CC3CC(CC(C3)C1)C2. The van der Waals surface area contributed by atoms with Crippen molar-refractivity contribution in [3.63, 3.8) is 0 Å². The van der Waals surface area contributed by atoms with Crippen LogP contribution in [-0.2, 0) is 20.7 Å². The Bertz CT molecular complexity index is 786. The van der Waals surface area contributed by atoms with E-state index >= 15 is 0 Å². The van der Waals surface area contributed by atoms with Gasteiger partial charge >= 0.3 is 12.0 Å². The molecule has 0 unspecified atom stereocenters. The molecule has 4 fully saturated rings. The van der Waals surface area contributed by atoms with E-state index in [1.807, 2.05) is 24.3 Å². The minimum atomic E-state index is -0.608. The lowest BCUT2D eigenvalue weighted by atomic mass is 9.53. The average Bonchev–Trinajstić information content (AvgIpc) is 2.69. The van der Waals surface area contributed by atoms with Crippen molar-refractivity contribution < 1.29 is 23.9 Å². The Morgan fingerprint density at radius 2 is 1.67 bits per heavy atom. The predicted octanol–water partition coefficient (Wildman–Crippen LogP) is 2.97. The number of benzene rings is 1. The van der Waals surface area contributed by atoms with Gasteiger partial charge in [-0.2, -0.15) is 0 Å². The fourth-order valence-electron chi connectivity index (χ4n) is 6.06. The topological polar surface area (TPSA) is 93.7 Å². The molecule has 2 N–H and O–H groups in total. The van der Waals surface area contributed by atoms with Gasteiger partial charge in [-0.3, -0.25) is 14.9 Å². The zero-order valence-electron chi connectivity index (χ0n) is 17.4. The van der Waals surface area contributed by atoms with Crippen molar-refractivity contribution in [3.05, 3.63) is 29.8 Å². The fraction of sp³-hybridized carbons (Fsp3) is 0.609. The van der Waals surface area contributed by atoms with Crippen molar-refractivity contribution >= 4 is 17.9 Å². The van der Waals surface area contributed by atoms with E-state index < -0.39 is 24.5 Å². The quantitative estimate of drug-likeness (QED) is 0.669. The summed E-state index contributed by atoms with van der Waals surface area (Å²) in [5.41, 5.74) is 0.737. The van der Waals surface area contributed by atoms with E-state index in [-0.39, 0.29) is 12.0 Å². The van der Waals surface area contributed by atoms with Crippen LogP contribution < -0.4 is 15.4 Å². The largest absolute Gasteiger partial charge is 0.496 e. The molecule has 0 aliphatic heterocycles. The predicted molar refractivity (Wildman–Crippen MR) is 110 cm³/mol. The monoisotopic (exact) mass is 414 g/mol. The molecule has 4 saturated carbocycles. The Balaban J connectivity index is 1.18. The molecule has 0 atom stereocenters. The van der Waals surface area contributed by atoms with Gasteiger partial charge in [0.15, 0.2) is 6.61 Å². The van der Waals surface area contributed by atoms with Crippen LogP contribution in [0.3, 0.4) is 0 Å². The Kier molecular flexibility index (Phi) is 5.97. The van der Waals surface area contributed by atoms with Gasteiger partial charge in [-0.15, -0.1) is 0 Å². The number of urea groups is 1. The van der Waals surface area contributed by atoms with Crippen LogP contribution in [0.1, 0.15) is 50.5 Å². The molecule has 4 bridgehead atoms. The molecule has 3 amide bonds. The van der Waals surface area contributed by atoms with Crippen LogP contribution >= 0.6 is 0 Å². The van der Waals surface area contributed by atoms with Crippen LogP contribution in [0, 0.1) is 17.8 Å². The minimum absolute atomic E-state index is 0.132. The number of amides is 3. The molecule has 0 saturated heterocycles. The van der Waals surface area contributed by atoms with E-state index in [0.717, 1.165) is 24.8 Å². The highest BCUT2D eigenvalue weighted by Crippen LogP contribution is 2.55. The first-order chi connectivity index (χ1) is 14.4. The third-order valence-corrected chi connectivity index (χ3v) is 6.83. The molecular formula is C23H30N2O5. The molecular weight excluding hydrogens is 384 g/mol. The van der Waals surface area contributed by atoms with E-state index in [2.05, 4.69) is 10.6 Å². The number of imide groups is 1. The Morgan fingerprint density at radius 3 is 2.30 bits per heavy atom. The maximum Gasteiger partial charge on any atom is 0.321 e. The lowest BCUT2D eigenvalue weighted by Gasteiger charge is -2.56. The second-order valence-electron chi connectivity index (χ2n) is 9.17. The Labute approximate surface area is 176 Å². The molecule has 30 heavy (non-hydrogen) atoms. The lowest BCUT2D eigenvalue weighted by Crippen LogP contribution is -2.62. The maximum absolute atomic E-state index is 12.4. The van der Waals surface area contributed by atoms with Gasteiger partial charge in [0.05, 0.1) is 7.11 Å². The fourth-order valence-corrected chi connectivity index (χ4v) is 6.06. The minimum Gasteiger partial charge on any atom is -0.496 e. The summed E-state index contributed by atoms with van der Waals surface area (Å²) in [7, 11) is 1.58. The summed E-state index contributed by atoms with van der Waals surface area (Å²) in [6.07, 6.45) is 7.48. The van der Waals surface area contributed by atoms with E-state index in [9.17, 15) is 14.4 Å². The number of rotatable bonds is 7. The molecule has 0 radical (unpaired) electrons. The van der Waals surface area contributed by atoms with Crippen molar-refractivity contribution in [1.29, 1.82) is 0 Å². The van der Waals surface area contributed by atoms with Gasteiger partial charge in [0, 0.05) is 12.0 Å². The normalized spacial score (nSPS) is 28.6. The van der Waals surface area contributed by atoms with Gasteiger partial charge in [-0.25, -0.2) is 4.79 Å². The summed E-state index contributed by atoms with van der Waals surface area (Å²) in [4.78, 5) is 36.4. The first-order valence-electron chi connectivity index (χ1n) is 10.8. The number of carbonyl (C=O) groups is 3. The third kappa shape index (κ3) is 4.77. The summed E-state index contributed by atoms with van der Waals surface area (Å²) in [5.74, 6) is 1.73. The van der Waals surface area contributed by atoms with Crippen LogP contribution in [0.5, 0.6) is 5.75 Å². The number of ether oxygens (including phenoxy) is 2. The number of esters is 1. The molecule has 1 aromatic rings. The van der Waals surface area contributed by atoms with Gasteiger partial charge in [0.25, 0.3) is 5.91 Å². The first-order valence-corrected chi connectivity index (χ1v) is 10.8. The third-order valence-electron chi connectivity index (χ3n) is 6.83. The van der Waals surface area contributed by atoms with Gasteiger partial charge in [-0.05, 0) is 74.3 Å². The number of aryl methyl sites for hydroxylation is 1. The number of methoxy groups -OCH3 is 1. The zero-order valence-corrected chi connectivity index (χ0v) is 17.4. The van der Waals surface area contributed by atoms with Crippen LogP contribution in [0.4, 0.5) is 4.79 Å². The molecule has 162 valence electrons. The number of carbonyl (C=O) groups excluding carboxylic acids is 3. The summed E-state index contributed by atoms with van der Waals surface area (Å²) >= 11 is 0. The number of hydrogen-bond donors (Lipinski definition) is 2. The highest BCUT2D eigenvalue weighted by molar-refractivity contribution is 5.95. The number of para-hydroxylation sites is 1. The molecule has 0 aromatic heterocycles. The van der Waals surface area contributed by atoms with Gasteiger partial charge in [-0.1, -0.05) is 18.2 Å². The van der Waals surface area contributed by atoms with Crippen LogP contribution in [0.15, 0.2) is 24.3 Å². The molecule has 4 aliphatic carbocycles. The smallest absolute Gasteiger partial charge is 0.321 e. The zero-order chi connectivity index (χ0) is 21.1. The van der Waals surface area contributed by atoms with Crippen molar-refractivity contribution in [2.45, 2.75) is 56.9 Å². The highest BCUT2D eigenvalue weighted by Gasteiger charge is 2.51. The number of nitrogens with one attached hydrogen (secondary N) is 2. The van der Waals surface area contributed by atoms with Gasteiger partial charge < -0.3 is 14.8 Å². The Morgan fingerprint density at radius 1 is 1.03 bits per heavy atom. The van der Waals surface area contributed by atoms with Crippen molar-refractivity contribution in [2.24, 2.45) is 17.8 Å². The van der Waals surface area contributed by atoms with Crippen molar-refractivity contribution in [2.75, 3.05) is 13.7 Å². The van der Waals surface area contributed by atoms with Crippen molar-refractivity contribution in [1.82, 2.24) is 10.6 Å². The molecule has 5 rings (SSSR count). The van der Waals surface area contributed by atoms with E-state index in [0.29, 0.717) is 29.9 Å². The molecule has 0 spiro atoms. The summed E-state index contributed by atoms with van der Waals surface area (Å²) in [5, 5.41) is 5.39. The average molecular weight is 415 g/mol. The molecule has 7 heteroatoms. The van der Waals surface area contributed by atoms with Crippen LogP contribution in [-0.4, -0.2) is 37.2 Å². The van der Waals surface area contributed by atoms with E-state index in [4.69, 9.17) is 9.47 Å². The molecule has 4 aliphatic rings. The van der Waals surface area contributed by atoms with Crippen LogP contribution in [0.2, 0.25) is 0 Å². The van der Waals surface area contributed by atoms with Crippen molar-refractivity contribution in [3.8, 4) is 5.75 Å². The molecule has 1 aromatic carbocycles. The molecule has 7 nitrogen and oxygen atoms in total. The Hall–Kier alpha value is -2.57. The van der Waals surface area contributed by atoms with Gasteiger partial charge in [0.1, 0.15) is 5.75 Å². The van der Waals surface area contributed by atoms with Crippen LogP contribution in [0.25, 0.3) is 0 Å². The van der Waals surface area contributed by atoms with Gasteiger partial charge in [0.2, 0.25) is 0 Å².